The normalized spacial score (nSPS) is 18.0. The Balaban J connectivity index is 1.53. The van der Waals surface area contributed by atoms with Crippen LogP contribution in [0.5, 0.6) is 10.8 Å². The fourth-order valence-electron chi connectivity index (χ4n) is 2.50. The molecule has 0 saturated carbocycles. The Labute approximate surface area is 144 Å². The quantitative estimate of drug-likeness (QED) is 0.817. The van der Waals surface area contributed by atoms with Crippen LogP contribution in [0.25, 0.3) is 0 Å². The summed E-state index contributed by atoms with van der Waals surface area (Å²) in [6.07, 6.45) is 1.37. The van der Waals surface area contributed by atoms with E-state index in [1.54, 1.807) is 6.07 Å². The number of esters is 1. The lowest BCUT2D eigenvalue weighted by Crippen LogP contribution is -2.30. The number of rotatable bonds is 6. The minimum Gasteiger partial charge on any atom is -0.491 e. The third kappa shape index (κ3) is 4.14. The van der Waals surface area contributed by atoms with Gasteiger partial charge in [0.25, 0.3) is 0 Å². The zero-order valence-electron chi connectivity index (χ0n) is 13.4. The number of benzene rings is 1. The molecule has 1 amide bonds. The van der Waals surface area contributed by atoms with Crippen LogP contribution in [0.2, 0.25) is 0 Å². The van der Waals surface area contributed by atoms with Gasteiger partial charge < -0.3 is 14.8 Å². The number of carbonyl (C=O) groups excluding carboxylic acids is 2. The van der Waals surface area contributed by atoms with Crippen molar-refractivity contribution in [1.29, 1.82) is 0 Å². The predicted molar refractivity (Wildman–Crippen MR) is 91.5 cm³/mol. The van der Waals surface area contributed by atoms with Gasteiger partial charge in [0.2, 0.25) is 5.91 Å². The summed E-state index contributed by atoms with van der Waals surface area (Å²) < 4.78 is 11.0. The van der Waals surface area contributed by atoms with Crippen molar-refractivity contribution in [2.24, 2.45) is 0 Å². The molecule has 24 heavy (non-hydrogen) atoms. The molecule has 0 radical (unpaired) electrons. The summed E-state index contributed by atoms with van der Waals surface area (Å²) in [4.78, 5) is 23.3. The lowest BCUT2D eigenvalue weighted by molar-refractivity contribution is -0.135. The monoisotopic (exact) mass is 345 g/mol. The second kappa shape index (κ2) is 7.49. The molecule has 0 spiro atoms. The van der Waals surface area contributed by atoms with Gasteiger partial charge in [-0.3, -0.25) is 9.59 Å². The van der Waals surface area contributed by atoms with E-state index in [0.717, 1.165) is 17.7 Å². The first-order chi connectivity index (χ1) is 11.6. The van der Waals surface area contributed by atoms with Crippen molar-refractivity contribution >= 4 is 23.2 Å². The van der Waals surface area contributed by atoms with Gasteiger partial charge in [0.05, 0.1) is 12.0 Å². The molecule has 0 bridgehead atoms. The lowest BCUT2D eigenvalue weighted by atomic mass is 10.0. The van der Waals surface area contributed by atoms with E-state index in [2.05, 4.69) is 5.32 Å². The van der Waals surface area contributed by atoms with Gasteiger partial charge >= 0.3 is 5.97 Å². The average molecular weight is 345 g/mol. The van der Waals surface area contributed by atoms with Crippen molar-refractivity contribution < 1.29 is 19.1 Å². The molecule has 1 fully saturated rings. The SMILES string of the molecule is CC(C(=O)Oc1cccs1)c1ccc(OC[C@@H]2CCC(=O)N2)cc1. The van der Waals surface area contributed by atoms with E-state index in [9.17, 15) is 9.59 Å². The van der Waals surface area contributed by atoms with E-state index in [-0.39, 0.29) is 23.8 Å². The molecule has 3 rings (SSSR count). The molecular formula is C18H19NO4S. The third-order valence-corrected chi connectivity index (χ3v) is 4.71. The lowest BCUT2D eigenvalue weighted by Gasteiger charge is -2.14. The van der Waals surface area contributed by atoms with E-state index >= 15 is 0 Å². The first kappa shape index (κ1) is 16.5. The smallest absolute Gasteiger partial charge is 0.319 e. The van der Waals surface area contributed by atoms with E-state index in [1.807, 2.05) is 42.6 Å². The molecule has 2 aromatic rings. The van der Waals surface area contributed by atoms with Crippen molar-refractivity contribution in [1.82, 2.24) is 5.32 Å². The Hall–Kier alpha value is -2.34. The molecule has 1 aromatic carbocycles. The molecule has 1 aliphatic heterocycles. The van der Waals surface area contributed by atoms with Gasteiger partial charge in [0.1, 0.15) is 12.4 Å². The van der Waals surface area contributed by atoms with Gasteiger partial charge in [0.15, 0.2) is 5.06 Å². The van der Waals surface area contributed by atoms with Gasteiger partial charge in [-0.15, -0.1) is 11.3 Å². The van der Waals surface area contributed by atoms with Gasteiger partial charge in [0, 0.05) is 6.42 Å². The zero-order valence-corrected chi connectivity index (χ0v) is 14.2. The molecule has 0 aliphatic carbocycles. The molecule has 1 N–H and O–H groups in total. The van der Waals surface area contributed by atoms with Crippen LogP contribution in [0.1, 0.15) is 31.2 Å². The number of hydrogen-bond donors (Lipinski definition) is 1. The van der Waals surface area contributed by atoms with Crippen LogP contribution in [-0.4, -0.2) is 24.5 Å². The maximum atomic E-state index is 12.1. The van der Waals surface area contributed by atoms with Crippen LogP contribution >= 0.6 is 11.3 Å². The van der Waals surface area contributed by atoms with Gasteiger partial charge in [-0.2, -0.15) is 0 Å². The molecule has 1 saturated heterocycles. The topological polar surface area (TPSA) is 64.6 Å². The summed E-state index contributed by atoms with van der Waals surface area (Å²) in [7, 11) is 0. The van der Waals surface area contributed by atoms with Crippen molar-refractivity contribution in [2.45, 2.75) is 31.7 Å². The average Bonchev–Trinajstić information content (AvgIpc) is 3.24. The van der Waals surface area contributed by atoms with Crippen LogP contribution < -0.4 is 14.8 Å². The van der Waals surface area contributed by atoms with Crippen LogP contribution in [-0.2, 0) is 9.59 Å². The van der Waals surface area contributed by atoms with Crippen molar-refractivity contribution in [3.8, 4) is 10.8 Å². The van der Waals surface area contributed by atoms with E-state index in [0.29, 0.717) is 18.1 Å². The summed E-state index contributed by atoms with van der Waals surface area (Å²) in [5.74, 6) is 0.172. The Morgan fingerprint density at radius 3 is 2.75 bits per heavy atom. The molecule has 6 heteroatoms. The number of hydrogen-bond acceptors (Lipinski definition) is 5. The molecule has 2 heterocycles. The fraction of sp³-hybridized carbons (Fsp3) is 0.333. The molecule has 2 atom stereocenters. The molecule has 1 aliphatic rings. The number of carbonyl (C=O) groups is 2. The molecular weight excluding hydrogens is 326 g/mol. The van der Waals surface area contributed by atoms with Crippen LogP contribution in [0.15, 0.2) is 41.8 Å². The number of thiophene rings is 1. The van der Waals surface area contributed by atoms with E-state index in [1.165, 1.54) is 11.3 Å². The highest BCUT2D eigenvalue weighted by molar-refractivity contribution is 7.11. The minimum absolute atomic E-state index is 0.0804. The van der Waals surface area contributed by atoms with Crippen LogP contribution in [0, 0.1) is 0 Å². The highest BCUT2D eigenvalue weighted by atomic mass is 32.1. The van der Waals surface area contributed by atoms with Gasteiger partial charge in [-0.25, -0.2) is 0 Å². The Kier molecular flexibility index (Phi) is 5.15. The molecule has 1 unspecified atom stereocenters. The standard InChI is InChI=1S/C18H19NO4S/c1-12(18(21)23-17-3-2-10-24-17)13-4-7-15(8-5-13)22-11-14-6-9-16(20)19-14/h2-5,7-8,10,12,14H,6,9,11H2,1H3,(H,19,20)/t12?,14-/m0/s1. The van der Waals surface area contributed by atoms with Crippen LogP contribution in [0.4, 0.5) is 0 Å². The largest absolute Gasteiger partial charge is 0.491 e. The maximum absolute atomic E-state index is 12.1. The van der Waals surface area contributed by atoms with Gasteiger partial charge in [-0.1, -0.05) is 12.1 Å². The zero-order chi connectivity index (χ0) is 16.9. The van der Waals surface area contributed by atoms with Gasteiger partial charge in [-0.05, 0) is 48.6 Å². The summed E-state index contributed by atoms with van der Waals surface area (Å²) in [6, 6.07) is 11.1. The highest BCUT2D eigenvalue weighted by Crippen LogP contribution is 2.24. The molecule has 126 valence electrons. The summed E-state index contributed by atoms with van der Waals surface area (Å²) in [5.41, 5.74) is 0.873. The number of nitrogens with one attached hydrogen (secondary N) is 1. The Morgan fingerprint density at radius 2 is 2.12 bits per heavy atom. The predicted octanol–water partition coefficient (Wildman–Crippen LogP) is 3.11. The molecule has 1 aromatic heterocycles. The fourth-order valence-corrected chi connectivity index (χ4v) is 3.08. The second-order valence-electron chi connectivity index (χ2n) is 5.76. The maximum Gasteiger partial charge on any atom is 0.319 e. The minimum atomic E-state index is -0.352. The third-order valence-electron chi connectivity index (χ3n) is 3.97. The Morgan fingerprint density at radius 1 is 1.33 bits per heavy atom. The van der Waals surface area contributed by atoms with Crippen molar-refractivity contribution in [2.75, 3.05) is 6.61 Å². The molecule has 5 nitrogen and oxygen atoms in total. The van der Waals surface area contributed by atoms with E-state index in [4.69, 9.17) is 9.47 Å². The second-order valence-corrected chi connectivity index (χ2v) is 6.67. The highest BCUT2D eigenvalue weighted by Gasteiger charge is 2.21. The van der Waals surface area contributed by atoms with Crippen molar-refractivity contribution in [3.05, 3.63) is 47.3 Å². The number of amides is 1. The van der Waals surface area contributed by atoms with Crippen molar-refractivity contribution in [3.63, 3.8) is 0 Å². The summed E-state index contributed by atoms with van der Waals surface area (Å²) in [5, 5.41) is 5.33. The van der Waals surface area contributed by atoms with E-state index < -0.39 is 0 Å². The Bertz CT molecular complexity index is 696. The summed E-state index contributed by atoms with van der Waals surface area (Å²) >= 11 is 1.39. The summed E-state index contributed by atoms with van der Waals surface area (Å²) in [6.45, 7) is 2.28. The number of ether oxygens (including phenoxy) is 2. The van der Waals surface area contributed by atoms with Crippen LogP contribution in [0.3, 0.4) is 0 Å². The first-order valence-corrected chi connectivity index (χ1v) is 8.77. The first-order valence-electron chi connectivity index (χ1n) is 7.89.